The highest BCUT2D eigenvalue weighted by Gasteiger charge is 1.74. The first kappa shape index (κ1) is 9.54. The van der Waals surface area contributed by atoms with Crippen LogP contribution in [0, 0.1) is 0 Å². The van der Waals surface area contributed by atoms with Crippen LogP contribution in [-0.2, 0) is 0 Å². The van der Waals surface area contributed by atoms with Crippen molar-refractivity contribution in [3.63, 3.8) is 0 Å². The molecular weight excluding hydrogens is 113 g/mol. The minimum atomic E-state index is -2.33. The van der Waals surface area contributed by atoms with E-state index in [9.17, 15) is 13.2 Å². The fraction of sp³-hybridized carbons (Fsp3) is 0.500. The van der Waals surface area contributed by atoms with Gasteiger partial charge in [0.05, 0.1) is 0 Å². The van der Waals surface area contributed by atoms with Crippen LogP contribution in [0.2, 0.25) is 0 Å². The molecule has 0 aliphatic carbocycles. The Morgan fingerprint density at radius 2 is 1.57 bits per heavy atom. The molecule has 0 aromatic rings. The molecule has 44 valence electrons. The Hall–Kier alpha value is -0.740. The minimum Gasteiger partial charge on any atom is -0.456 e. The second-order valence-electron chi connectivity index (χ2n) is 0.354. The van der Waals surface area contributed by atoms with Crippen molar-refractivity contribution in [1.29, 1.82) is 0 Å². The average Bonchev–Trinajstić information content (AvgIpc) is 1.33. The van der Waals surface area contributed by atoms with Gasteiger partial charge in [0.15, 0.2) is 0 Å². The van der Waals surface area contributed by atoms with Gasteiger partial charge in [0.25, 0.3) is 0 Å². The molecule has 0 unspecified atom stereocenters. The molecule has 0 aliphatic rings. The quantitative estimate of drug-likeness (QED) is 0.487. The molecule has 0 saturated carbocycles. The van der Waals surface area contributed by atoms with E-state index in [-0.39, 0.29) is 0 Å². The lowest BCUT2D eigenvalue weighted by molar-refractivity contribution is 0.169. The van der Waals surface area contributed by atoms with Crippen molar-refractivity contribution in [2.75, 3.05) is 6.93 Å². The SMILES string of the molecule is FCF.O=C(O)F. The topological polar surface area (TPSA) is 37.3 Å². The molecule has 0 fully saturated rings. The van der Waals surface area contributed by atoms with Crippen LogP contribution in [0.15, 0.2) is 0 Å². The zero-order valence-corrected chi connectivity index (χ0v) is 3.20. The van der Waals surface area contributed by atoms with Crippen LogP contribution < -0.4 is 0 Å². The predicted molar refractivity (Wildman–Crippen MR) is 16.2 cm³/mol. The summed E-state index contributed by atoms with van der Waals surface area (Å²) in [7, 11) is 0. The van der Waals surface area contributed by atoms with Crippen LogP contribution in [0.25, 0.3) is 0 Å². The largest absolute Gasteiger partial charge is 0.492 e. The highest BCUT2D eigenvalue weighted by atomic mass is 19.3. The zero-order valence-electron chi connectivity index (χ0n) is 3.20. The first-order chi connectivity index (χ1) is 3.15. The molecule has 0 amide bonds. The van der Waals surface area contributed by atoms with E-state index in [1.807, 2.05) is 0 Å². The smallest absolute Gasteiger partial charge is 0.456 e. The molecule has 0 rings (SSSR count). The Morgan fingerprint density at radius 3 is 1.57 bits per heavy atom. The standard InChI is InChI=1S/CH2F2.CHFO2/c2-1-3;2-1(3)4/h1H2;(H,3,4). The highest BCUT2D eigenvalue weighted by molar-refractivity contribution is 5.54. The number of hydrogen-bond acceptors (Lipinski definition) is 1. The van der Waals surface area contributed by atoms with E-state index in [2.05, 4.69) is 0 Å². The number of halogens is 3. The van der Waals surface area contributed by atoms with Gasteiger partial charge in [-0.25, -0.2) is 13.6 Å². The molecule has 5 heteroatoms. The number of rotatable bonds is 0. The maximum atomic E-state index is 9.92. The van der Waals surface area contributed by atoms with Gasteiger partial charge in [-0.15, -0.1) is 4.39 Å². The third kappa shape index (κ3) is 102. The fourth-order valence-corrected chi connectivity index (χ4v) is 0. The Balaban J connectivity index is 0. The van der Waals surface area contributed by atoms with Gasteiger partial charge in [-0.1, -0.05) is 0 Å². The van der Waals surface area contributed by atoms with Crippen molar-refractivity contribution >= 4 is 6.22 Å². The number of carbonyl (C=O) groups is 1. The van der Waals surface area contributed by atoms with Crippen molar-refractivity contribution in [2.24, 2.45) is 0 Å². The molecule has 0 atom stereocenters. The van der Waals surface area contributed by atoms with Crippen molar-refractivity contribution in [3.05, 3.63) is 0 Å². The van der Waals surface area contributed by atoms with Crippen molar-refractivity contribution < 1.29 is 23.1 Å². The van der Waals surface area contributed by atoms with Gasteiger partial charge in [-0.2, -0.15) is 0 Å². The lowest BCUT2D eigenvalue weighted by Crippen LogP contribution is -1.69. The van der Waals surface area contributed by atoms with Gasteiger partial charge < -0.3 is 5.11 Å². The van der Waals surface area contributed by atoms with Crippen LogP contribution in [-0.4, -0.2) is 18.3 Å². The Kier molecular flexibility index (Phi) is 12.2. The Bertz CT molecular complexity index is 42.2. The van der Waals surface area contributed by atoms with E-state index < -0.39 is 13.2 Å². The Morgan fingerprint density at radius 1 is 1.57 bits per heavy atom. The van der Waals surface area contributed by atoms with Crippen LogP contribution in [0.5, 0.6) is 0 Å². The van der Waals surface area contributed by atoms with Crippen molar-refractivity contribution in [3.8, 4) is 0 Å². The second kappa shape index (κ2) is 8.98. The first-order valence-corrected chi connectivity index (χ1v) is 1.15. The summed E-state index contributed by atoms with van der Waals surface area (Å²) in [5.41, 5.74) is 0. The maximum absolute atomic E-state index is 9.92. The highest BCUT2D eigenvalue weighted by Crippen LogP contribution is 1.58. The summed E-state index contributed by atoms with van der Waals surface area (Å²) in [6, 6.07) is 0. The molecular formula is C2H3F3O2. The zero-order chi connectivity index (χ0) is 6.28. The Labute approximate surface area is 37.6 Å². The van der Waals surface area contributed by atoms with E-state index in [4.69, 9.17) is 9.90 Å². The van der Waals surface area contributed by atoms with Gasteiger partial charge in [0.2, 0.25) is 6.93 Å². The summed E-state index contributed by atoms with van der Waals surface area (Å²) in [5.74, 6) is 0. The third-order valence-electron chi connectivity index (χ3n) is 0. The van der Waals surface area contributed by atoms with E-state index in [0.29, 0.717) is 0 Å². The molecule has 2 nitrogen and oxygen atoms in total. The predicted octanol–water partition coefficient (Wildman–Crippen LogP) is 1.52. The van der Waals surface area contributed by atoms with Crippen molar-refractivity contribution in [2.45, 2.75) is 0 Å². The van der Waals surface area contributed by atoms with E-state index >= 15 is 0 Å². The second-order valence-corrected chi connectivity index (χ2v) is 0.354. The third-order valence-corrected chi connectivity index (χ3v) is 0. The molecule has 0 aromatic heterocycles. The molecule has 0 bridgehead atoms. The van der Waals surface area contributed by atoms with Gasteiger partial charge in [-0.3, -0.25) is 0 Å². The van der Waals surface area contributed by atoms with Crippen LogP contribution in [0.4, 0.5) is 18.0 Å². The van der Waals surface area contributed by atoms with Crippen LogP contribution in [0.3, 0.4) is 0 Å². The van der Waals surface area contributed by atoms with Crippen LogP contribution in [0.1, 0.15) is 0 Å². The molecule has 0 heterocycles. The molecule has 7 heavy (non-hydrogen) atoms. The van der Waals surface area contributed by atoms with E-state index in [0.717, 1.165) is 0 Å². The molecule has 1 N–H and O–H groups in total. The summed E-state index contributed by atoms with van der Waals surface area (Å²) < 4.78 is 29.2. The van der Waals surface area contributed by atoms with Crippen LogP contribution >= 0.6 is 0 Å². The van der Waals surface area contributed by atoms with Crippen molar-refractivity contribution in [1.82, 2.24) is 0 Å². The summed E-state index contributed by atoms with van der Waals surface area (Å²) in [6.07, 6.45) is -2.33. The minimum absolute atomic E-state index is 1.75. The van der Waals surface area contributed by atoms with Gasteiger partial charge >= 0.3 is 6.22 Å². The molecule has 0 saturated heterocycles. The number of carboxylic acid groups (broad SMARTS) is 1. The molecule has 0 aliphatic heterocycles. The fourth-order valence-electron chi connectivity index (χ4n) is 0. The monoisotopic (exact) mass is 116 g/mol. The van der Waals surface area contributed by atoms with Gasteiger partial charge in [0.1, 0.15) is 0 Å². The number of hydrogen-bond donors (Lipinski definition) is 1. The summed E-state index contributed by atoms with van der Waals surface area (Å²) in [4.78, 5) is 8.33. The normalized spacial score (nSPS) is 6.14. The first-order valence-electron chi connectivity index (χ1n) is 1.15. The number of alkyl halides is 2. The van der Waals surface area contributed by atoms with Gasteiger partial charge in [0, 0.05) is 0 Å². The molecule has 0 aromatic carbocycles. The summed E-state index contributed by atoms with van der Waals surface area (Å²) in [5, 5.41) is 6.75. The molecule has 0 radical (unpaired) electrons. The lowest BCUT2D eigenvalue weighted by Gasteiger charge is -1.53. The van der Waals surface area contributed by atoms with Gasteiger partial charge in [-0.05, 0) is 0 Å². The summed E-state index contributed by atoms with van der Waals surface area (Å²) in [6.45, 7) is -1.75. The van der Waals surface area contributed by atoms with E-state index in [1.165, 1.54) is 0 Å². The lowest BCUT2D eigenvalue weighted by atomic mass is 11.5. The average molecular weight is 116 g/mol. The molecule has 0 spiro atoms. The van der Waals surface area contributed by atoms with E-state index in [1.54, 1.807) is 0 Å². The summed E-state index contributed by atoms with van der Waals surface area (Å²) >= 11 is 0. The maximum Gasteiger partial charge on any atom is 0.492 e.